The second-order valence-electron chi connectivity index (χ2n) is 3.04. The molecule has 0 aromatic heterocycles. The molecule has 0 bridgehead atoms. The monoisotopic (exact) mass is 360 g/mol. The molecular formula is C10H13F3O4Pd. The van der Waals surface area contributed by atoms with Gasteiger partial charge in [-0.3, -0.25) is 9.59 Å². The van der Waals surface area contributed by atoms with E-state index in [1.54, 1.807) is 0 Å². The molecule has 0 amide bonds. The van der Waals surface area contributed by atoms with Gasteiger partial charge in [0, 0.05) is 32.6 Å². The fraction of sp³-hybridized carbons (Fsp3) is 0.400. The molecule has 0 saturated carbocycles. The van der Waals surface area contributed by atoms with Crippen molar-refractivity contribution < 1.29 is 53.4 Å². The Hall–Kier alpha value is -1.13. The quantitative estimate of drug-likeness (QED) is 0.451. The zero-order valence-corrected chi connectivity index (χ0v) is 11.4. The smallest absolute Gasteiger partial charge is 0.454 e. The zero-order valence-electron chi connectivity index (χ0n) is 9.82. The van der Waals surface area contributed by atoms with E-state index in [0.717, 1.165) is 6.92 Å². The van der Waals surface area contributed by atoms with Crippen LogP contribution in [0.5, 0.6) is 0 Å². The summed E-state index contributed by atoms with van der Waals surface area (Å²) in [5, 5.41) is 16.6. The largest absolute Gasteiger partial charge is 0.512 e. The average molecular weight is 361 g/mol. The normalized spacial score (nSPS) is 11.9. The summed E-state index contributed by atoms with van der Waals surface area (Å²) in [5.74, 6) is -2.76. The fourth-order valence-electron chi connectivity index (χ4n) is 0.566. The van der Waals surface area contributed by atoms with E-state index < -0.39 is 17.7 Å². The van der Waals surface area contributed by atoms with Crippen LogP contribution in [0.25, 0.3) is 0 Å². The number of aliphatic hydroxyl groups is 2. The number of ketones is 2. The van der Waals surface area contributed by atoms with Gasteiger partial charge in [-0.05, 0) is 20.8 Å². The summed E-state index contributed by atoms with van der Waals surface area (Å²) in [6.45, 7) is 3.84. The van der Waals surface area contributed by atoms with E-state index in [9.17, 15) is 22.8 Å². The summed E-state index contributed by atoms with van der Waals surface area (Å²) in [5.41, 5.74) is 0. The van der Waals surface area contributed by atoms with Crippen molar-refractivity contribution in [3.63, 3.8) is 0 Å². The van der Waals surface area contributed by atoms with Crippen LogP contribution in [0, 0.1) is 0 Å². The van der Waals surface area contributed by atoms with Gasteiger partial charge < -0.3 is 10.2 Å². The minimum atomic E-state index is -4.88. The van der Waals surface area contributed by atoms with Crippen molar-refractivity contribution in [3.05, 3.63) is 23.7 Å². The van der Waals surface area contributed by atoms with E-state index in [1.807, 2.05) is 0 Å². The van der Waals surface area contributed by atoms with E-state index in [4.69, 9.17) is 10.2 Å². The first-order chi connectivity index (χ1) is 7.46. The third-order valence-electron chi connectivity index (χ3n) is 1.03. The van der Waals surface area contributed by atoms with Gasteiger partial charge in [-0.1, -0.05) is 0 Å². The molecule has 0 saturated heterocycles. The minimum Gasteiger partial charge on any atom is -0.512 e. The maximum atomic E-state index is 11.3. The van der Waals surface area contributed by atoms with E-state index >= 15 is 0 Å². The number of hydrogen-bond acceptors (Lipinski definition) is 4. The van der Waals surface area contributed by atoms with Gasteiger partial charge in [0.05, 0.1) is 11.5 Å². The Balaban J connectivity index is -0.000000251. The first kappa shape index (κ1) is 22.1. The van der Waals surface area contributed by atoms with Gasteiger partial charge in [-0.25, -0.2) is 0 Å². The first-order valence-corrected chi connectivity index (χ1v) is 4.33. The SMILES string of the molecule is C/C(O)=C/C(=O)C(F)(F)F.CC(=O)/C=C(/C)O.[Pd]. The maximum Gasteiger partial charge on any atom is 0.454 e. The molecule has 0 aliphatic carbocycles. The van der Waals surface area contributed by atoms with E-state index in [2.05, 4.69) is 0 Å². The molecule has 0 atom stereocenters. The van der Waals surface area contributed by atoms with Crippen molar-refractivity contribution in [1.82, 2.24) is 0 Å². The van der Waals surface area contributed by atoms with Crippen LogP contribution in [0.2, 0.25) is 0 Å². The third-order valence-corrected chi connectivity index (χ3v) is 1.03. The predicted molar refractivity (Wildman–Crippen MR) is 54.5 cm³/mol. The van der Waals surface area contributed by atoms with Gasteiger partial charge in [0.25, 0.3) is 5.78 Å². The number of allylic oxidation sites excluding steroid dienone is 4. The van der Waals surface area contributed by atoms with Crippen molar-refractivity contribution in [2.75, 3.05) is 0 Å². The number of halogens is 3. The summed E-state index contributed by atoms with van der Waals surface area (Å²) in [4.78, 5) is 19.9. The number of rotatable bonds is 2. The Morgan fingerprint density at radius 3 is 1.33 bits per heavy atom. The summed E-state index contributed by atoms with van der Waals surface area (Å²) in [6, 6.07) is 0. The molecule has 0 rings (SSSR count). The fourth-order valence-corrected chi connectivity index (χ4v) is 0.566. The summed E-state index contributed by atoms with van der Waals surface area (Å²) < 4.78 is 33.9. The second kappa shape index (κ2) is 9.86. The molecule has 0 radical (unpaired) electrons. The van der Waals surface area contributed by atoms with Crippen molar-refractivity contribution in [2.24, 2.45) is 0 Å². The molecule has 0 unspecified atom stereocenters. The standard InChI is InChI=1S/C5H5F3O2.C5H8O2.Pd/c1-3(9)2-4(10)5(6,7)8;1-4(6)3-5(2)7;/h2,9H,1H3;3,6H,1-2H3;/b3-2-;4-3-;. The molecule has 4 nitrogen and oxygen atoms in total. The number of hydrogen-bond donors (Lipinski definition) is 2. The van der Waals surface area contributed by atoms with Crippen molar-refractivity contribution >= 4 is 11.6 Å². The van der Waals surface area contributed by atoms with Crippen LogP contribution >= 0.6 is 0 Å². The van der Waals surface area contributed by atoms with E-state index in [-0.39, 0.29) is 38.0 Å². The third kappa shape index (κ3) is 17.3. The topological polar surface area (TPSA) is 74.6 Å². The Morgan fingerprint density at radius 2 is 1.28 bits per heavy atom. The van der Waals surface area contributed by atoms with Gasteiger partial charge >= 0.3 is 6.18 Å². The predicted octanol–water partition coefficient (Wildman–Crippen LogP) is 2.61. The number of carbonyl (C=O) groups excluding carboxylic acids is 2. The Bertz CT molecular complexity index is 338. The number of aliphatic hydroxyl groups excluding tert-OH is 2. The number of alkyl halides is 3. The Labute approximate surface area is 116 Å². The molecule has 0 heterocycles. The average Bonchev–Trinajstić information content (AvgIpc) is 1.98. The molecule has 0 fully saturated rings. The van der Waals surface area contributed by atoms with E-state index in [1.165, 1.54) is 19.9 Å². The zero-order chi connectivity index (χ0) is 14.2. The molecule has 0 aromatic carbocycles. The maximum absolute atomic E-state index is 11.3. The van der Waals surface area contributed by atoms with Crippen LogP contribution in [0.1, 0.15) is 20.8 Å². The molecule has 0 aliphatic heterocycles. The van der Waals surface area contributed by atoms with Gasteiger partial charge in [-0.15, -0.1) is 0 Å². The minimum absolute atomic E-state index is 0. The van der Waals surface area contributed by atoms with Crippen molar-refractivity contribution in [1.29, 1.82) is 0 Å². The van der Waals surface area contributed by atoms with Crippen LogP contribution in [-0.2, 0) is 30.0 Å². The Kier molecular flexibility index (Phi) is 12.1. The molecule has 2 N–H and O–H groups in total. The van der Waals surface area contributed by atoms with Crippen molar-refractivity contribution in [2.45, 2.75) is 26.9 Å². The molecular weight excluding hydrogens is 348 g/mol. The van der Waals surface area contributed by atoms with Crippen LogP contribution in [0.3, 0.4) is 0 Å². The Morgan fingerprint density at radius 1 is 0.944 bits per heavy atom. The van der Waals surface area contributed by atoms with Gasteiger partial charge in [0.2, 0.25) is 0 Å². The van der Waals surface area contributed by atoms with Crippen LogP contribution in [0.4, 0.5) is 13.2 Å². The van der Waals surface area contributed by atoms with Crippen LogP contribution in [0.15, 0.2) is 23.7 Å². The molecule has 0 aliphatic rings. The molecule has 0 aromatic rings. The number of carbonyl (C=O) groups is 2. The molecule has 108 valence electrons. The summed E-state index contributed by atoms with van der Waals surface area (Å²) >= 11 is 0. The molecule has 18 heavy (non-hydrogen) atoms. The van der Waals surface area contributed by atoms with Crippen LogP contribution in [-0.4, -0.2) is 28.0 Å². The van der Waals surface area contributed by atoms with Gasteiger partial charge in [-0.2, -0.15) is 13.2 Å². The summed E-state index contributed by atoms with van der Waals surface area (Å²) in [7, 11) is 0. The van der Waals surface area contributed by atoms with Gasteiger partial charge in [0.15, 0.2) is 5.78 Å². The van der Waals surface area contributed by atoms with Crippen LogP contribution < -0.4 is 0 Å². The van der Waals surface area contributed by atoms with E-state index in [0.29, 0.717) is 0 Å². The second-order valence-corrected chi connectivity index (χ2v) is 3.04. The van der Waals surface area contributed by atoms with Crippen molar-refractivity contribution in [3.8, 4) is 0 Å². The summed E-state index contributed by atoms with van der Waals surface area (Å²) in [6.07, 6.45) is -3.59. The van der Waals surface area contributed by atoms with Gasteiger partial charge in [0.1, 0.15) is 0 Å². The molecule has 0 spiro atoms. The molecule has 8 heteroatoms. The first-order valence-electron chi connectivity index (χ1n) is 4.33.